The van der Waals surface area contributed by atoms with E-state index in [9.17, 15) is 4.79 Å². The summed E-state index contributed by atoms with van der Waals surface area (Å²) in [5, 5.41) is 2.54. The van der Waals surface area contributed by atoms with Crippen LogP contribution in [0.25, 0.3) is 0 Å². The summed E-state index contributed by atoms with van der Waals surface area (Å²) in [6.45, 7) is 2.64. The van der Waals surface area contributed by atoms with Crippen LogP contribution in [0.2, 0.25) is 12.1 Å². The van der Waals surface area contributed by atoms with Crippen LogP contribution in [0.4, 0.5) is 4.79 Å². The van der Waals surface area contributed by atoms with Crippen LogP contribution >= 0.6 is 0 Å². The first kappa shape index (κ1) is 13.4. The van der Waals surface area contributed by atoms with Gasteiger partial charge in [-0.2, -0.15) is 0 Å². The lowest BCUT2D eigenvalue weighted by atomic mass is 10.5. The molecule has 5 nitrogen and oxygen atoms in total. The van der Waals surface area contributed by atoms with Crippen LogP contribution in [0.5, 0.6) is 0 Å². The van der Waals surface area contributed by atoms with Crippen molar-refractivity contribution in [3.05, 3.63) is 0 Å². The van der Waals surface area contributed by atoms with Crippen molar-refractivity contribution >= 4 is 14.6 Å². The normalized spacial score (nSPS) is 11.4. The average molecular weight is 220 g/mol. The van der Waals surface area contributed by atoms with Gasteiger partial charge >= 0.3 is 14.6 Å². The minimum atomic E-state index is -1.98. The van der Waals surface area contributed by atoms with Crippen LogP contribution < -0.4 is 11.1 Å². The summed E-state index contributed by atoms with van der Waals surface area (Å²) in [6, 6.07) is 1.30. The first-order valence-corrected chi connectivity index (χ1v) is 6.97. The summed E-state index contributed by atoms with van der Waals surface area (Å²) in [7, 11) is 1.38. The van der Waals surface area contributed by atoms with Crippen LogP contribution in [-0.2, 0) is 8.85 Å². The number of nitrogens with two attached hydrogens (primary N) is 1. The molecule has 3 N–H and O–H groups in total. The Bertz CT molecular complexity index is 166. The fourth-order valence-corrected chi connectivity index (χ4v) is 3.54. The van der Waals surface area contributed by atoms with E-state index < -0.39 is 14.6 Å². The second kappa shape index (κ2) is 6.80. The van der Waals surface area contributed by atoms with Gasteiger partial charge in [0, 0.05) is 20.8 Å². The Morgan fingerprint density at radius 1 is 1.43 bits per heavy atom. The third kappa shape index (κ3) is 4.59. The van der Waals surface area contributed by atoms with E-state index in [1.54, 1.807) is 14.2 Å². The molecule has 0 bridgehead atoms. The third-order valence-corrected chi connectivity index (χ3v) is 6.00. The number of carbonyl (C=O) groups is 1. The van der Waals surface area contributed by atoms with Crippen LogP contribution in [-0.4, -0.2) is 35.4 Å². The SMILES string of the molecule is CC[Si](CCCNC(N)=O)(OC)OC. The van der Waals surface area contributed by atoms with E-state index in [-0.39, 0.29) is 0 Å². The molecule has 0 saturated heterocycles. The van der Waals surface area contributed by atoms with Gasteiger partial charge in [-0.05, 0) is 18.5 Å². The summed E-state index contributed by atoms with van der Waals surface area (Å²) in [4.78, 5) is 10.4. The molecule has 0 aliphatic rings. The zero-order chi connectivity index (χ0) is 11.0. The minimum Gasteiger partial charge on any atom is -0.398 e. The van der Waals surface area contributed by atoms with Crippen molar-refractivity contribution in [1.82, 2.24) is 5.32 Å². The summed E-state index contributed by atoms with van der Waals surface area (Å²) >= 11 is 0. The molecule has 0 aromatic carbocycles. The molecule has 6 heteroatoms. The average Bonchev–Trinajstić information content (AvgIpc) is 2.19. The van der Waals surface area contributed by atoms with Crippen molar-refractivity contribution in [2.45, 2.75) is 25.4 Å². The van der Waals surface area contributed by atoms with E-state index in [0.29, 0.717) is 6.54 Å². The number of primary amides is 1. The van der Waals surface area contributed by atoms with Gasteiger partial charge in [-0.15, -0.1) is 0 Å². The maximum absolute atomic E-state index is 10.4. The summed E-state index contributed by atoms with van der Waals surface area (Å²) in [6.07, 6.45) is 0.838. The topological polar surface area (TPSA) is 73.6 Å². The molecule has 14 heavy (non-hydrogen) atoms. The maximum Gasteiger partial charge on any atom is 0.337 e. The van der Waals surface area contributed by atoms with Gasteiger partial charge in [0.1, 0.15) is 0 Å². The van der Waals surface area contributed by atoms with E-state index in [1.807, 2.05) is 0 Å². The fourth-order valence-electron chi connectivity index (χ4n) is 1.32. The minimum absolute atomic E-state index is 0.483. The molecule has 0 atom stereocenters. The lowest BCUT2D eigenvalue weighted by molar-refractivity contribution is 0.239. The molecule has 0 unspecified atom stereocenters. The molecule has 0 aromatic heterocycles. The van der Waals surface area contributed by atoms with Gasteiger partial charge in [0.25, 0.3) is 0 Å². The molecule has 2 amide bonds. The third-order valence-electron chi connectivity index (χ3n) is 2.32. The van der Waals surface area contributed by atoms with E-state index in [1.165, 1.54) is 0 Å². The number of hydrogen-bond donors (Lipinski definition) is 2. The fraction of sp³-hybridized carbons (Fsp3) is 0.875. The molecule has 0 aromatic rings. The molecule has 0 rings (SSSR count). The molecule has 0 fully saturated rings. The predicted octanol–water partition coefficient (Wildman–Crippen LogP) is 0.800. The van der Waals surface area contributed by atoms with Gasteiger partial charge in [-0.1, -0.05) is 6.92 Å². The second-order valence-electron chi connectivity index (χ2n) is 3.07. The van der Waals surface area contributed by atoms with Crippen molar-refractivity contribution in [2.75, 3.05) is 20.8 Å². The van der Waals surface area contributed by atoms with Crippen LogP contribution in [0, 0.1) is 0 Å². The first-order chi connectivity index (χ1) is 6.60. The lowest BCUT2D eigenvalue weighted by Crippen LogP contribution is -2.40. The first-order valence-electron chi connectivity index (χ1n) is 4.74. The van der Waals surface area contributed by atoms with Gasteiger partial charge in [-0.25, -0.2) is 4.79 Å². The zero-order valence-electron chi connectivity index (χ0n) is 9.13. The molecule has 0 saturated carbocycles. The smallest absolute Gasteiger partial charge is 0.337 e. The highest BCUT2D eigenvalue weighted by molar-refractivity contribution is 6.67. The number of nitrogens with one attached hydrogen (secondary N) is 1. The highest BCUT2D eigenvalue weighted by Gasteiger charge is 2.32. The van der Waals surface area contributed by atoms with Gasteiger partial charge in [0.15, 0.2) is 0 Å². The van der Waals surface area contributed by atoms with E-state index in [0.717, 1.165) is 18.5 Å². The molecule has 0 heterocycles. The molecule has 84 valence electrons. The van der Waals surface area contributed by atoms with Gasteiger partial charge in [-0.3, -0.25) is 0 Å². The van der Waals surface area contributed by atoms with Crippen molar-refractivity contribution in [1.29, 1.82) is 0 Å². The quantitative estimate of drug-likeness (QED) is 0.492. The van der Waals surface area contributed by atoms with Crippen LogP contribution in [0.15, 0.2) is 0 Å². The Balaban J connectivity index is 3.77. The van der Waals surface area contributed by atoms with Crippen LogP contribution in [0.1, 0.15) is 13.3 Å². The monoisotopic (exact) mass is 220 g/mol. The van der Waals surface area contributed by atoms with Crippen molar-refractivity contribution in [3.8, 4) is 0 Å². The molecule has 0 aliphatic heterocycles. The highest BCUT2D eigenvalue weighted by atomic mass is 28.4. The van der Waals surface area contributed by atoms with Crippen LogP contribution in [0.3, 0.4) is 0 Å². The van der Waals surface area contributed by atoms with E-state index in [2.05, 4.69) is 12.2 Å². The Morgan fingerprint density at radius 3 is 2.36 bits per heavy atom. The van der Waals surface area contributed by atoms with Crippen molar-refractivity contribution in [3.63, 3.8) is 0 Å². The molecular formula is C8H20N2O3Si. The predicted molar refractivity (Wildman–Crippen MR) is 57.3 cm³/mol. The molecule has 0 spiro atoms. The number of urea groups is 1. The largest absolute Gasteiger partial charge is 0.398 e. The number of hydrogen-bond acceptors (Lipinski definition) is 3. The Morgan fingerprint density at radius 2 is 2.00 bits per heavy atom. The summed E-state index contributed by atoms with van der Waals surface area (Å²) < 4.78 is 10.8. The van der Waals surface area contributed by atoms with Crippen molar-refractivity contribution < 1.29 is 13.6 Å². The summed E-state index contributed by atoms with van der Waals surface area (Å²) in [5.41, 5.74) is 4.94. The van der Waals surface area contributed by atoms with Gasteiger partial charge < -0.3 is 19.9 Å². The number of carbonyl (C=O) groups excluding carboxylic acids is 1. The Hall–Kier alpha value is -0.593. The lowest BCUT2D eigenvalue weighted by Gasteiger charge is -2.25. The Kier molecular flexibility index (Phi) is 6.51. The number of rotatable bonds is 7. The molecule has 0 radical (unpaired) electrons. The summed E-state index contributed by atoms with van der Waals surface area (Å²) in [5.74, 6) is 0. The van der Waals surface area contributed by atoms with E-state index in [4.69, 9.17) is 14.6 Å². The maximum atomic E-state index is 10.4. The highest BCUT2D eigenvalue weighted by Crippen LogP contribution is 2.18. The molecular weight excluding hydrogens is 200 g/mol. The second-order valence-corrected chi connectivity index (χ2v) is 6.91. The van der Waals surface area contributed by atoms with Gasteiger partial charge in [0.05, 0.1) is 0 Å². The van der Waals surface area contributed by atoms with E-state index >= 15 is 0 Å². The standard InChI is InChI=1S/C8H20N2O3Si/c1-4-14(12-2,13-3)7-5-6-10-8(9)11/h4-7H2,1-3H3,(H3,9,10,11). The Labute approximate surface area is 86.2 Å². The molecule has 0 aliphatic carbocycles. The zero-order valence-corrected chi connectivity index (χ0v) is 10.1. The van der Waals surface area contributed by atoms with Gasteiger partial charge in [0.2, 0.25) is 0 Å². The van der Waals surface area contributed by atoms with Crippen molar-refractivity contribution in [2.24, 2.45) is 5.73 Å². The number of amides is 2.